The predicted octanol–water partition coefficient (Wildman–Crippen LogP) is 2.43. The van der Waals surface area contributed by atoms with Gasteiger partial charge in [-0.3, -0.25) is 9.59 Å². The van der Waals surface area contributed by atoms with Crippen LogP contribution in [-0.4, -0.2) is 75.8 Å². The van der Waals surface area contributed by atoms with Gasteiger partial charge in [-0.25, -0.2) is 8.42 Å². The average molecular weight is 564 g/mol. The quantitative estimate of drug-likeness (QED) is 0.402. The van der Waals surface area contributed by atoms with Gasteiger partial charge in [0.05, 0.1) is 48.6 Å². The molecular weight excluding hydrogens is 534 g/mol. The molecule has 0 radical (unpaired) electrons. The molecule has 0 spiro atoms. The van der Waals surface area contributed by atoms with E-state index >= 15 is 0 Å². The van der Waals surface area contributed by atoms with Crippen molar-refractivity contribution in [2.24, 2.45) is 4.99 Å². The Bertz CT molecular complexity index is 1520. The van der Waals surface area contributed by atoms with E-state index in [2.05, 4.69) is 4.99 Å². The lowest BCUT2D eigenvalue weighted by Gasteiger charge is -2.34. The van der Waals surface area contributed by atoms with E-state index in [4.69, 9.17) is 18.9 Å². The van der Waals surface area contributed by atoms with Gasteiger partial charge < -0.3 is 23.5 Å². The molecule has 1 aliphatic heterocycles. The van der Waals surface area contributed by atoms with E-state index in [1.165, 1.54) is 61.2 Å². The lowest BCUT2D eigenvalue weighted by atomic mass is 10.2. The van der Waals surface area contributed by atoms with Gasteiger partial charge in [-0.1, -0.05) is 11.3 Å². The molecule has 0 N–H and O–H groups in total. The predicted molar refractivity (Wildman–Crippen MR) is 140 cm³/mol. The van der Waals surface area contributed by atoms with Crippen LogP contribution in [0.3, 0.4) is 0 Å². The van der Waals surface area contributed by atoms with Crippen molar-refractivity contribution >= 4 is 43.5 Å². The lowest BCUT2D eigenvalue weighted by molar-refractivity contribution is -0.141. The molecule has 38 heavy (non-hydrogen) atoms. The summed E-state index contributed by atoms with van der Waals surface area (Å²) in [5.74, 6) is -0.165. The Labute approximate surface area is 224 Å². The number of morpholine rings is 1. The van der Waals surface area contributed by atoms with Crippen LogP contribution in [0.2, 0.25) is 0 Å². The van der Waals surface area contributed by atoms with Crippen molar-refractivity contribution in [2.45, 2.75) is 37.5 Å². The number of carbonyl (C=O) groups excluding carboxylic acids is 2. The number of rotatable bonds is 7. The average Bonchev–Trinajstić information content (AvgIpc) is 3.22. The van der Waals surface area contributed by atoms with Gasteiger partial charge in [0.2, 0.25) is 10.0 Å². The first-order valence-corrected chi connectivity index (χ1v) is 14.0. The molecule has 1 fully saturated rings. The maximum absolute atomic E-state index is 13.1. The van der Waals surface area contributed by atoms with E-state index in [0.717, 1.165) is 0 Å². The maximum Gasteiger partial charge on any atom is 0.325 e. The van der Waals surface area contributed by atoms with Crippen LogP contribution in [-0.2, 0) is 30.8 Å². The molecule has 13 heteroatoms. The molecule has 1 aliphatic rings. The van der Waals surface area contributed by atoms with Crippen molar-refractivity contribution in [2.75, 3.05) is 34.4 Å². The van der Waals surface area contributed by atoms with Crippen LogP contribution in [0.15, 0.2) is 46.3 Å². The Morgan fingerprint density at radius 3 is 2.21 bits per heavy atom. The monoisotopic (exact) mass is 563 g/mol. The summed E-state index contributed by atoms with van der Waals surface area (Å²) >= 11 is 1.19. The first kappa shape index (κ1) is 27.8. The molecule has 204 valence electrons. The number of sulfonamides is 1. The van der Waals surface area contributed by atoms with Crippen LogP contribution < -0.4 is 14.3 Å². The molecule has 0 saturated carbocycles. The summed E-state index contributed by atoms with van der Waals surface area (Å²) in [6.45, 7) is 3.99. The van der Waals surface area contributed by atoms with Crippen LogP contribution in [0.25, 0.3) is 10.2 Å². The van der Waals surface area contributed by atoms with E-state index in [0.29, 0.717) is 21.7 Å². The molecule has 0 unspecified atom stereocenters. The van der Waals surface area contributed by atoms with E-state index in [1.807, 2.05) is 13.8 Å². The van der Waals surface area contributed by atoms with E-state index in [9.17, 15) is 18.0 Å². The number of carbonyl (C=O) groups is 2. The minimum Gasteiger partial charge on any atom is -0.493 e. The van der Waals surface area contributed by atoms with Crippen molar-refractivity contribution in [1.29, 1.82) is 0 Å². The van der Waals surface area contributed by atoms with Crippen LogP contribution in [0.1, 0.15) is 24.2 Å². The van der Waals surface area contributed by atoms with E-state index in [-0.39, 0.29) is 47.1 Å². The standard InChI is InChI=1S/C25H29N3O8S2/c1-15-12-27(13-16(2)36-15)38(31,32)18-8-6-17(7-9-18)24(30)26-25-28(14-23(29)35-5)19-10-20(33-3)21(34-4)11-22(19)37-25/h6-11,15-16H,12-14H2,1-5H3/t15-,16-/m0/s1. The summed E-state index contributed by atoms with van der Waals surface area (Å²) in [5.41, 5.74) is 0.810. The third-order valence-corrected chi connectivity index (χ3v) is 8.91. The topological polar surface area (TPSA) is 126 Å². The van der Waals surface area contributed by atoms with E-state index < -0.39 is 21.9 Å². The third kappa shape index (κ3) is 5.60. The van der Waals surface area contributed by atoms with Crippen LogP contribution in [0.4, 0.5) is 0 Å². The number of amides is 1. The Morgan fingerprint density at radius 2 is 1.63 bits per heavy atom. The highest BCUT2D eigenvalue weighted by Gasteiger charge is 2.32. The second-order valence-electron chi connectivity index (χ2n) is 8.74. The van der Waals surface area contributed by atoms with Crippen molar-refractivity contribution < 1.29 is 37.0 Å². The van der Waals surface area contributed by atoms with Gasteiger partial charge in [0.25, 0.3) is 5.91 Å². The smallest absolute Gasteiger partial charge is 0.325 e. The first-order chi connectivity index (χ1) is 18.1. The molecule has 2 atom stereocenters. The summed E-state index contributed by atoms with van der Waals surface area (Å²) in [6, 6.07) is 9.08. The molecule has 4 rings (SSSR count). The molecule has 1 aromatic heterocycles. The highest BCUT2D eigenvalue weighted by atomic mass is 32.2. The highest BCUT2D eigenvalue weighted by molar-refractivity contribution is 7.89. The summed E-state index contributed by atoms with van der Waals surface area (Å²) in [4.78, 5) is 29.8. The van der Waals surface area contributed by atoms with Gasteiger partial charge in [-0.2, -0.15) is 9.30 Å². The minimum atomic E-state index is -3.75. The summed E-state index contributed by atoms with van der Waals surface area (Å²) in [6.07, 6.45) is -0.433. The van der Waals surface area contributed by atoms with E-state index in [1.54, 1.807) is 16.7 Å². The molecule has 2 heterocycles. The largest absolute Gasteiger partial charge is 0.493 e. The van der Waals surface area contributed by atoms with Gasteiger partial charge in [0, 0.05) is 30.8 Å². The fourth-order valence-corrected chi connectivity index (χ4v) is 6.85. The number of esters is 1. The highest BCUT2D eigenvalue weighted by Crippen LogP contribution is 2.33. The van der Waals surface area contributed by atoms with Crippen molar-refractivity contribution in [3.8, 4) is 11.5 Å². The Morgan fingerprint density at radius 1 is 1.03 bits per heavy atom. The number of thiazole rings is 1. The second kappa shape index (κ2) is 11.2. The number of fused-ring (bicyclic) bond motifs is 1. The molecule has 2 aromatic carbocycles. The fraction of sp³-hybridized carbons (Fsp3) is 0.400. The molecule has 11 nitrogen and oxygen atoms in total. The number of benzene rings is 2. The number of hydrogen-bond donors (Lipinski definition) is 0. The first-order valence-electron chi connectivity index (χ1n) is 11.7. The number of nitrogens with zero attached hydrogens (tertiary/aromatic N) is 3. The number of aromatic nitrogens is 1. The minimum absolute atomic E-state index is 0.0807. The summed E-state index contributed by atoms with van der Waals surface area (Å²) in [7, 11) is 0.538. The number of methoxy groups -OCH3 is 3. The summed E-state index contributed by atoms with van der Waals surface area (Å²) in [5, 5.41) is 0. The number of ether oxygens (including phenoxy) is 4. The van der Waals surface area contributed by atoms with Crippen molar-refractivity contribution in [1.82, 2.24) is 8.87 Å². The SMILES string of the molecule is COC(=O)Cn1c(=NC(=O)c2ccc(S(=O)(=O)N3C[C@H](C)O[C@@H](C)C3)cc2)sc2cc(OC)c(OC)cc21. The van der Waals surface area contributed by atoms with Gasteiger partial charge in [0.15, 0.2) is 16.3 Å². The molecular formula is C25H29N3O8S2. The van der Waals surface area contributed by atoms with Crippen LogP contribution in [0, 0.1) is 0 Å². The van der Waals surface area contributed by atoms with Crippen LogP contribution in [0.5, 0.6) is 11.5 Å². The molecule has 3 aromatic rings. The van der Waals surface area contributed by atoms with Crippen molar-refractivity contribution in [3.05, 3.63) is 46.8 Å². The molecule has 1 saturated heterocycles. The zero-order chi connectivity index (χ0) is 27.6. The second-order valence-corrected chi connectivity index (χ2v) is 11.7. The van der Waals surface area contributed by atoms with Gasteiger partial charge in [-0.05, 0) is 38.1 Å². The molecule has 0 bridgehead atoms. The Hall–Kier alpha value is -3.26. The lowest BCUT2D eigenvalue weighted by Crippen LogP contribution is -2.48. The fourth-order valence-electron chi connectivity index (χ4n) is 4.23. The molecule has 0 aliphatic carbocycles. The normalized spacial score (nSPS) is 18.9. The Kier molecular flexibility index (Phi) is 8.21. The van der Waals surface area contributed by atoms with Gasteiger partial charge in [0.1, 0.15) is 6.54 Å². The van der Waals surface area contributed by atoms with Gasteiger partial charge >= 0.3 is 5.97 Å². The zero-order valence-electron chi connectivity index (χ0n) is 21.7. The number of hydrogen-bond acceptors (Lipinski definition) is 9. The maximum atomic E-state index is 13.1. The summed E-state index contributed by atoms with van der Waals surface area (Å²) < 4.78 is 51.1. The third-order valence-electron chi connectivity index (χ3n) is 6.03. The van der Waals surface area contributed by atoms with Crippen LogP contribution >= 0.6 is 11.3 Å². The zero-order valence-corrected chi connectivity index (χ0v) is 23.3. The molecule has 1 amide bonds. The van der Waals surface area contributed by atoms with Crippen molar-refractivity contribution in [3.63, 3.8) is 0 Å². The Balaban J connectivity index is 1.69. The van der Waals surface area contributed by atoms with Gasteiger partial charge in [-0.15, -0.1) is 0 Å².